The van der Waals surface area contributed by atoms with E-state index < -0.39 is 8.80 Å². The Bertz CT molecular complexity index is 292. The number of epoxide rings is 1. The highest BCUT2D eigenvalue weighted by Crippen LogP contribution is 2.34. The Balaban J connectivity index is 2.57. The van der Waals surface area contributed by atoms with Crippen LogP contribution in [0.2, 0.25) is 5.54 Å². The lowest BCUT2D eigenvalue weighted by Gasteiger charge is -2.35. The van der Waals surface area contributed by atoms with Crippen molar-refractivity contribution < 1.29 is 22.8 Å². The Hall–Kier alpha value is -0.243. The number of rotatable bonds is 16. The van der Waals surface area contributed by atoms with Crippen molar-refractivity contribution in [2.24, 2.45) is 0 Å². The van der Waals surface area contributed by atoms with Gasteiger partial charge in [-0.05, 0) is 46.5 Å². The van der Waals surface area contributed by atoms with Crippen LogP contribution in [0.4, 0.5) is 0 Å². The van der Waals surface area contributed by atoms with Gasteiger partial charge in [0, 0.05) is 32.0 Å². The van der Waals surface area contributed by atoms with Gasteiger partial charge in [-0.15, -0.1) is 6.58 Å². The molecule has 136 valence electrons. The SMILES string of the molecule is C=CCCC(CCCOCC1CO1)[Si](OCC)(OCC)OCC. The molecule has 0 saturated carbocycles. The molecule has 0 bridgehead atoms. The average Bonchev–Trinajstić information content (AvgIpc) is 3.35. The molecule has 0 radical (unpaired) electrons. The van der Waals surface area contributed by atoms with Crippen LogP contribution in [-0.4, -0.2) is 54.5 Å². The number of ether oxygens (including phenoxy) is 2. The standard InChI is InChI=1S/C17H34O5Si/c1-5-9-11-17(12-10-13-18-14-16-15-19-16)23(20-6-2,21-7-3)22-8-4/h5,16-17H,1,6-15H2,2-4H3. The van der Waals surface area contributed by atoms with Crippen molar-refractivity contribution in [3.05, 3.63) is 12.7 Å². The van der Waals surface area contributed by atoms with Gasteiger partial charge >= 0.3 is 8.80 Å². The summed E-state index contributed by atoms with van der Waals surface area (Å²) in [6.07, 6.45) is 6.19. The monoisotopic (exact) mass is 346 g/mol. The van der Waals surface area contributed by atoms with Crippen LogP contribution in [0.15, 0.2) is 12.7 Å². The lowest BCUT2D eigenvalue weighted by Crippen LogP contribution is -2.50. The summed E-state index contributed by atoms with van der Waals surface area (Å²) in [4.78, 5) is 0. The third-order valence-electron chi connectivity index (χ3n) is 3.80. The molecule has 2 unspecified atom stereocenters. The Labute approximate surface area is 142 Å². The third kappa shape index (κ3) is 7.91. The van der Waals surface area contributed by atoms with Gasteiger partial charge in [-0.25, -0.2) is 0 Å². The number of allylic oxidation sites excluding steroid dienone is 1. The summed E-state index contributed by atoms with van der Waals surface area (Å²) in [5, 5.41) is 0. The van der Waals surface area contributed by atoms with Gasteiger partial charge in [0.05, 0.1) is 13.2 Å². The molecule has 1 rings (SSSR count). The highest BCUT2D eigenvalue weighted by Gasteiger charge is 2.48. The predicted molar refractivity (Wildman–Crippen MR) is 93.6 cm³/mol. The highest BCUT2D eigenvalue weighted by atomic mass is 28.4. The largest absolute Gasteiger partial charge is 0.504 e. The molecule has 0 aromatic carbocycles. The van der Waals surface area contributed by atoms with Gasteiger partial charge in [-0.3, -0.25) is 0 Å². The van der Waals surface area contributed by atoms with Crippen LogP contribution >= 0.6 is 0 Å². The van der Waals surface area contributed by atoms with Gasteiger partial charge in [-0.1, -0.05) is 6.08 Å². The van der Waals surface area contributed by atoms with E-state index in [4.69, 9.17) is 22.8 Å². The Morgan fingerprint density at radius 1 is 1.13 bits per heavy atom. The summed E-state index contributed by atoms with van der Waals surface area (Å²) in [5.41, 5.74) is 0.293. The van der Waals surface area contributed by atoms with Crippen molar-refractivity contribution in [1.29, 1.82) is 0 Å². The Morgan fingerprint density at radius 2 is 1.74 bits per heavy atom. The second kappa shape index (κ2) is 12.2. The van der Waals surface area contributed by atoms with Crippen LogP contribution in [0, 0.1) is 0 Å². The van der Waals surface area contributed by atoms with E-state index in [1.807, 2.05) is 26.8 Å². The van der Waals surface area contributed by atoms with Gasteiger partial charge in [0.2, 0.25) is 0 Å². The van der Waals surface area contributed by atoms with Crippen LogP contribution in [0.5, 0.6) is 0 Å². The smallest absolute Gasteiger partial charge is 0.379 e. The second-order valence-corrected chi connectivity index (χ2v) is 8.53. The quantitative estimate of drug-likeness (QED) is 0.185. The van der Waals surface area contributed by atoms with Crippen molar-refractivity contribution in [1.82, 2.24) is 0 Å². The lowest BCUT2D eigenvalue weighted by atomic mass is 10.1. The number of hydrogen-bond donors (Lipinski definition) is 0. The van der Waals surface area contributed by atoms with Crippen LogP contribution in [0.1, 0.15) is 46.5 Å². The molecular weight excluding hydrogens is 312 g/mol. The minimum absolute atomic E-state index is 0.293. The Morgan fingerprint density at radius 3 is 2.22 bits per heavy atom. The molecular formula is C17H34O5Si. The predicted octanol–water partition coefficient (Wildman–Crippen LogP) is 3.57. The van der Waals surface area contributed by atoms with Crippen molar-refractivity contribution in [3.63, 3.8) is 0 Å². The minimum Gasteiger partial charge on any atom is -0.379 e. The molecule has 1 heterocycles. The average molecular weight is 347 g/mol. The van der Waals surface area contributed by atoms with Crippen molar-refractivity contribution in [3.8, 4) is 0 Å². The van der Waals surface area contributed by atoms with Crippen molar-refractivity contribution >= 4 is 8.80 Å². The molecule has 1 saturated heterocycles. The molecule has 0 aromatic rings. The van der Waals surface area contributed by atoms with Crippen LogP contribution in [0.3, 0.4) is 0 Å². The molecule has 5 nitrogen and oxygen atoms in total. The second-order valence-electron chi connectivity index (χ2n) is 5.64. The van der Waals surface area contributed by atoms with Crippen LogP contribution in [-0.2, 0) is 22.8 Å². The minimum atomic E-state index is -2.66. The topological polar surface area (TPSA) is 49.5 Å². The van der Waals surface area contributed by atoms with Gasteiger partial charge in [-0.2, -0.15) is 0 Å². The maximum Gasteiger partial charge on any atom is 0.504 e. The summed E-state index contributed by atoms with van der Waals surface area (Å²) in [6, 6.07) is 0. The van der Waals surface area contributed by atoms with E-state index >= 15 is 0 Å². The van der Waals surface area contributed by atoms with Crippen LogP contribution < -0.4 is 0 Å². The fourth-order valence-corrected chi connectivity index (χ4v) is 5.95. The first-order valence-electron chi connectivity index (χ1n) is 8.94. The van der Waals surface area contributed by atoms with E-state index in [1.54, 1.807) is 0 Å². The molecule has 0 aromatic heterocycles. The molecule has 1 aliphatic rings. The first-order chi connectivity index (χ1) is 11.2. The summed E-state index contributed by atoms with van der Waals surface area (Å²) in [5.74, 6) is 0. The van der Waals surface area contributed by atoms with Crippen LogP contribution in [0.25, 0.3) is 0 Å². The molecule has 23 heavy (non-hydrogen) atoms. The van der Waals surface area contributed by atoms with Gasteiger partial charge in [0.25, 0.3) is 0 Å². The zero-order valence-electron chi connectivity index (χ0n) is 15.1. The summed E-state index contributed by atoms with van der Waals surface area (Å²) < 4.78 is 29.0. The summed E-state index contributed by atoms with van der Waals surface area (Å²) in [6.45, 7) is 14.0. The molecule has 0 N–H and O–H groups in total. The van der Waals surface area contributed by atoms with E-state index in [0.717, 1.165) is 38.9 Å². The zero-order chi connectivity index (χ0) is 17.0. The first-order valence-corrected chi connectivity index (χ1v) is 10.7. The molecule has 1 fully saturated rings. The molecule has 0 aliphatic carbocycles. The van der Waals surface area contributed by atoms with E-state index in [-0.39, 0.29) is 0 Å². The maximum absolute atomic E-state index is 6.07. The van der Waals surface area contributed by atoms with Gasteiger partial charge in [0.1, 0.15) is 6.10 Å². The molecule has 0 spiro atoms. The van der Waals surface area contributed by atoms with Gasteiger partial charge in [0.15, 0.2) is 0 Å². The fraction of sp³-hybridized carbons (Fsp3) is 0.882. The third-order valence-corrected chi connectivity index (χ3v) is 7.45. The van der Waals surface area contributed by atoms with E-state index in [0.29, 0.717) is 38.1 Å². The summed E-state index contributed by atoms with van der Waals surface area (Å²) in [7, 11) is -2.66. The molecule has 0 amide bonds. The fourth-order valence-electron chi connectivity index (χ4n) is 2.71. The highest BCUT2D eigenvalue weighted by molar-refractivity contribution is 6.62. The van der Waals surface area contributed by atoms with Gasteiger partial charge < -0.3 is 22.8 Å². The van der Waals surface area contributed by atoms with E-state index in [1.165, 1.54) is 0 Å². The zero-order valence-corrected chi connectivity index (χ0v) is 16.1. The number of hydrogen-bond acceptors (Lipinski definition) is 5. The molecule has 6 heteroatoms. The Kier molecular flexibility index (Phi) is 11.0. The summed E-state index contributed by atoms with van der Waals surface area (Å²) >= 11 is 0. The normalized spacial score (nSPS) is 18.8. The van der Waals surface area contributed by atoms with E-state index in [2.05, 4.69) is 6.58 Å². The maximum atomic E-state index is 6.07. The van der Waals surface area contributed by atoms with Crippen molar-refractivity contribution in [2.45, 2.75) is 58.1 Å². The molecule has 1 aliphatic heterocycles. The van der Waals surface area contributed by atoms with Crippen molar-refractivity contribution in [2.75, 3.05) is 39.6 Å². The first kappa shape index (κ1) is 20.8. The lowest BCUT2D eigenvalue weighted by molar-refractivity contribution is 0.0561. The molecule has 2 atom stereocenters. The van der Waals surface area contributed by atoms with E-state index in [9.17, 15) is 0 Å².